The van der Waals surface area contributed by atoms with E-state index in [9.17, 15) is 0 Å². The van der Waals surface area contributed by atoms with E-state index in [2.05, 4.69) is 15.3 Å². The topological polar surface area (TPSA) is 70.8 Å². The van der Waals surface area contributed by atoms with Gasteiger partial charge in [-0.05, 0) is 24.3 Å². The molecule has 1 aromatic carbocycles. The minimum atomic E-state index is 0.297. The molecule has 0 saturated carbocycles. The first kappa shape index (κ1) is 10.9. The number of hydrogen-bond donors (Lipinski definition) is 1. The van der Waals surface area contributed by atoms with Gasteiger partial charge in [-0.1, -0.05) is 0 Å². The molecule has 84 valence electrons. The van der Waals surface area contributed by atoms with E-state index in [0.717, 1.165) is 11.4 Å². The Labute approximate surface area is 98.7 Å². The summed E-state index contributed by atoms with van der Waals surface area (Å²) >= 11 is 0. The molecule has 0 fully saturated rings. The fraction of sp³-hybridized carbons (Fsp3) is 0.0833. The molecule has 0 aliphatic heterocycles. The first-order chi connectivity index (χ1) is 8.31. The van der Waals surface area contributed by atoms with Crippen LogP contribution in [0.2, 0.25) is 0 Å². The van der Waals surface area contributed by atoms with Crippen LogP contribution in [-0.2, 0) is 0 Å². The summed E-state index contributed by atoms with van der Waals surface area (Å²) in [6.07, 6.45) is 2.94. The number of nitriles is 1. The highest BCUT2D eigenvalue weighted by atomic mass is 16.5. The Hall–Kier alpha value is -2.61. The van der Waals surface area contributed by atoms with Crippen molar-refractivity contribution in [2.24, 2.45) is 0 Å². The quantitative estimate of drug-likeness (QED) is 0.867. The Kier molecular flexibility index (Phi) is 3.17. The molecule has 1 aromatic heterocycles. The van der Waals surface area contributed by atoms with Crippen molar-refractivity contribution in [3.63, 3.8) is 0 Å². The second-order valence-electron chi connectivity index (χ2n) is 3.25. The lowest BCUT2D eigenvalue weighted by Gasteiger charge is -2.05. The summed E-state index contributed by atoms with van der Waals surface area (Å²) < 4.78 is 5.06. The van der Waals surface area contributed by atoms with Crippen LogP contribution >= 0.6 is 0 Å². The maximum Gasteiger partial charge on any atom is 0.158 e. The van der Waals surface area contributed by atoms with Crippen molar-refractivity contribution in [2.75, 3.05) is 12.4 Å². The Balaban J connectivity index is 2.11. The molecule has 0 saturated heterocycles. The van der Waals surface area contributed by atoms with E-state index in [0.29, 0.717) is 11.5 Å². The molecule has 1 N–H and O–H groups in total. The van der Waals surface area contributed by atoms with Crippen LogP contribution in [0.1, 0.15) is 5.69 Å². The minimum Gasteiger partial charge on any atom is -0.497 e. The summed E-state index contributed by atoms with van der Waals surface area (Å²) in [6.45, 7) is 0. The van der Waals surface area contributed by atoms with Gasteiger partial charge in [-0.25, -0.2) is 9.97 Å². The molecule has 0 aliphatic rings. The summed E-state index contributed by atoms with van der Waals surface area (Å²) in [7, 11) is 1.62. The van der Waals surface area contributed by atoms with Gasteiger partial charge in [0.25, 0.3) is 0 Å². The molecule has 0 aliphatic carbocycles. The third-order valence-electron chi connectivity index (χ3n) is 2.13. The predicted octanol–water partition coefficient (Wildman–Crippen LogP) is 2.10. The van der Waals surface area contributed by atoms with Gasteiger partial charge < -0.3 is 10.1 Å². The monoisotopic (exact) mass is 226 g/mol. The van der Waals surface area contributed by atoms with Crippen molar-refractivity contribution in [1.29, 1.82) is 5.26 Å². The standard InChI is InChI=1S/C12H10N4O/c1-17-11-4-2-9(3-5-11)16-12-8-14-10(6-13)7-15-12/h2-5,7-8H,1H3,(H,15,16). The molecule has 2 rings (SSSR count). The molecule has 0 spiro atoms. The van der Waals surface area contributed by atoms with E-state index in [1.54, 1.807) is 7.11 Å². The maximum atomic E-state index is 8.59. The fourth-order valence-corrected chi connectivity index (χ4v) is 1.27. The molecular weight excluding hydrogens is 216 g/mol. The largest absolute Gasteiger partial charge is 0.497 e. The first-order valence-corrected chi connectivity index (χ1v) is 4.95. The summed E-state index contributed by atoms with van der Waals surface area (Å²) in [4.78, 5) is 7.98. The van der Waals surface area contributed by atoms with Gasteiger partial charge in [0.2, 0.25) is 0 Å². The van der Waals surface area contributed by atoms with E-state index in [4.69, 9.17) is 10.00 Å². The highest BCUT2D eigenvalue weighted by molar-refractivity contribution is 5.56. The van der Waals surface area contributed by atoms with Crippen LogP contribution in [0.25, 0.3) is 0 Å². The van der Waals surface area contributed by atoms with Crippen molar-refractivity contribution in [1.82, 2.24) is 9.97 Å². The van der Waals surface area contributed by atoms with Crippen LogP contribution < -0.4 is 10.1 Å². The summed E-state index contributed by atoms with van der Waals surface area (Å²) in [5.74, 6) is 1.38. The van der Waals surface area contributed by atoms with Crippen LogP contribution in [0.15, 0.2) is 36.7 Å². The van der Waals surface area contributed by atoms with Gasteiger partial charge >= 0.3 is 0 Å². The average molecular weight is 226 g/mol. The van der Waals surface area contributed by atoms with E-state index in [1.165, 1.54) is 12.4 Å². The molecule has 1 heterocycles. The van der Waals surface area contributed by atoms with Crippen LogP contribution in [0.5, 0.6) is 5.75 Å². The molecular formula is C12H10N4O. The third kappa shape index (κ3) is 2.69. The summed E-state index contributed by atoms with van der Waals surface area (Å²) in [6, 6.07) is 9.36. The highest BCUT2D eigenvalue weighted by Gasteiger charge is 1.98. The molecule has 17 heavy (non-hydrogen) atoms. The Bertz CT molecular complexity index is 528. The molecule has 2 aromatic rings. The van der Waals surface area contributed by atoms with Gasteiger partial charge in [0, 0.05) is 5.69 Å². The molecule has 0 unspecified atom stereocenters. The lowest BCUT2D eigenvalue weighted by atomic mass is 10.3. The predicted molar refractivity (Wildman–Crippen MR) is 63.0 cm³/mol. The van der Waals surface area contributed by atoms with Crippen molar-refractivity contribution in [2.45, 2.75) is 0 Å². The number of nitrogens with zero attached hydrogens (tertiary/aromatic N) is 3. The molecule has 0 bridgehead atoms. The second kappa shape index (κ2) is 4.94. The SMILES string of the molecule is COc1ccc(Nc2cnc(C#N)cn2)cc1. The molecule has 5 heteroatoms. The lowest BCUT2D eigenvalue weighted by molar-refractivity contribution is 0.415. The molecule has 0 radical (unpaired) electrons. The van der Waals surface area contributed by atoms with Gasteiger partial charge in [-0.2, -0.15) is 5.26 Å². The van der Waals surface area contributed by atoms with Gasteiger partial charge in [0.1, 0.15) is 17.6 Å². The zero-order chi connectivity index (χ0) is 12.1. The zero-order valence-electron chi connectivity index (χ0n) is 9.21. The Morgan fingerprint density at radius 1 is 1.18 bits per heavy atom. The van der Waals surface area contributed by atoms with E-state index >= 15 is 0 Å². The Morgan fingerprint density at radius 3 is 2.47 bits per heavy atom. The number of nitrogens with one attached hydrogen (secondary N) is 1. The van der Waals surface area contributed by atoms with E-state index in [-0.39, 0.29) is 0 Å². The summed E-state index contributed by atoms with van der Waals surface area (Å²) in [5.41, 5.74) is 1.18. The summed E-state index contributed by atoms with van der Waals surface area (Å²) in [5, 5.41) is 11.7. The lowest BCUT2D eigenvalue weighted by Crippen LogP contribution is -1.95. The molecule has 0 atom stereocenters. The number of ether oxygens (including phenoxy) is 1. The second-order valence-corrected chi connectivity index (χ2v) is 3.25. The van der Waals surface area contributed by atoms with Gasteiger partial charge in [0.15, 0.2) is 5.69 Å². The van der Waals surface area contributed by atoms with Crippen molar-refractivity contribution >= 4 is 11.5 Å². The van der Waals surface area contributed by atoms with Gasteiger partial charge in [0.05, 0.1) is 19.5 Å². The smallest absolute Gasteiger partial charge is 0.158 e. The molecule has 5 nitrogen and oxygen atoms in total. The molecule has 0 amide bonds. The average Bonchev–Trinajstić information content (AvgIpc) is 2.40. The van der Waals surface area contributed by atoms with Crippen LogP contribution in [0, 0.1) is 11.3 Å². The highest BCUT2D eigenvalue weighted by Crippen LogP contribution is 2.17. The number of hydrogen-bond acceptors (Lipinski definition) is 5. The third-order valence-corrected chi connectivity index (χ3v) is 2.13. The van der Waals surface area contributed by atoms with Gasteiger partial charge in [-0.15, -0.1) is 0 Å². The number of aromatic nitrogens is 2. The number of anilines is 2. The number of rotatable bonds is 3. The number of benzene rings is 1. The van der Waals surface area contributed by atoms with E-state index < -0.39 is 0 Å². The number of methoxy groups -OCH3 is 1. The normalized spacial score (nSPS) is 9.41. The van der Waals surface area contributed by atoms with Crippen molar-refractivity contribution < 1.29 is 4.74 Å². The van der Waals surface area contributed by atoms with Crippen LogP contribution in [-0.4, -0.2) is 17.1 Å². The van der Waals surface area contributed by atoms with Crippen molar-refractivity contribution in [3.05, 3.63) is 42.4 Å². The van der Waals surface area contributed by atoms with Crippen molar-refractivity contribution in [3.8, 4) is 11.8 Å². The van der Waals surface area contributed by atoms with Crippen LogP contribution in [0.3, 0.4) is 0 Å². The fourth-order valence-electron chi connectivity index (χ4n) is 1.27. The Morgan fingerprint density at radius 2 is 1.94 bits per heavy atom. The minimum absolute atomic E-state index is 0.297. The maximum absolute atomic E-state index is 8.59. The van der Waals surface area contributed by atoms with Crippen LogP contribution in [0.4, 0.5) is 11.5 Å². The van der Waals surface area contributed by atoms with Gasteiger partial charge in [-0.3, -0.25) is 0 Å². The zero-order valence-corrected chi connectivity index (χ0v) is 9.21. The van der Waals surface area contributed by atoms with E-state index in [1.807, 2.05) is 30.3 Å². The first-order valence-electron chi connectivity index (χ1n) is 4.95.